The lowest BCUT2D eigenvalue weighted by atomic mass is 9.87. The maximum atomic E-state index is 11.3. The topological polar surface area (TPSA) is 81.4 Å². The number of primary amides is 1. The molecule has 1 rings (SSSR count). The zero-order chi connectivity index (χ0) is 11.1. The normalized spacial score (nSPS) is 17.3. The van der Waals surface area contributed by atoms with Crippen LogP contribution in [0.25, 0.3) is 0 Å². The first kappa shape index (κ1) is 12.0. The van der Waals surface area contributed by atoms with Gasteiger partial charge >= 0.3 is 0 Å². The van der Waals surface area contributed by atoms with Crippen molar-refractivity contribution in [2.75, 3.05) is 6.61 Å². The van der Waals surface area contributed by atoms with Crippen molar-refractivity contribution in [1.29, 1.82) is 0 Å². The highest BCUT2D eigenvalue weighted by Gasteiger charge is 2.16. The Balaban J connectivity index is 2.09. The molecule has 86 valence electrons. The molecular weight excluding hydrogens is 196 g/mol. The van der Waals surface area contributed by atoms with Gasteiger partial charge in [0.05, 0.1) is 0 Å². The van der Waals surface area contributed by atoms with Gasteiger partial charge in [-0.2, -0.15) is 0 Å². The van der Waals surface area contributed by atoms with Gasteiger partial charge < -0.3 is 5.73 Å². The van der Waals surface area contributed by atoms with Crippen molar-refractivity contribution in [3.63, 3.8) is 0 Å². The summed E-state index contributed by atoms with van der Waals surface area (Å²) in [4.78, 5) is 26.2. The van der Waals surface area contributed by atoms with Gasteiger partial charge in [-0.1, -0.05) is 19.3 Å². The molecule has 0 aliphatic heterocycles. The first-order chi connectivity index (χ1) is 7.18. The van der Waals surface area contributed by atoms with Crippen molar-refractivity contribution >= 4 is 11.8 Å². The number of carbonyl (C=O) groups is 2. The highest BCUT2D eigenvalue weighted by molar-refractivity contribution is 5.77. The van der Waals surface area contributed by atoms with E-state index < -0.39 is 5.91 Å². The summed E-state index contributed by atoms with van der Waals surface area (Å²) < 4.78 is 0. The van der Waals surface area contributed by atoms with E-state index in [2.05, 4.69) is 10.3 Å². The second-order valence-electron chi connectivity index (χ2n) is 3.99. The number of carbonyl (C=O) groups excluding carboxylic acids is 2. The summed E-state index contributed by atoms with van der Waals surface area (Å²) in [5.74, 6) is -0.285. The lowest BCUT2D eigenvalue weighted by Gasteiger charge is -2.20. The molecule has 0 saturated heterocycles. The smallest absolute Gasteiger partial charge is 0.246 e. The summed E-state index contributed by atoms with van der Waals surface area (Å²) in [6.07, 6.45) is 6.40. The van der Waals surface area contributed by atoms with E-state index in [1.807, 2.05) is 0 Å². The molecule has 0 radical (unpaired) electrons. The molecule has 1 saturated carbocycles. The number of nitrogens with two attached hydrogens (primary N) is 1. The molecule has 0 bridgehead atoms. The molecule has 1 fully saturated rings. The molecule has 1 aliphatic rings. The third kappa shape index (κ3) is 5.37. The molecule has 0 unspecified atom stereocenters. The highest BCUT2D eigenvalue weighted by Crippen LogP contribution is 2.25. The van der Waals surface area contributed by atoms with Crippen LogP contribution in [0.2, 0.25) is 0 Å². The molecule has 0 spiro atoms. The van der Waals surface area contributed by atoms with Gasteiger partial charge in [0.15, 0.2) is 6.61 Å². The third-order valence-corrected chi connectivity index (χ3v) is 2.60. The van der Waals surface area contributed by atoms with Crippen LogP contribution in [-0.4, -0.2) is 18.4 Å². The van der Waals surface area contributed by atoms with Crippen LogP contribution in [0.3, 0.4) is 0 Å². The Morgan fingerprint density at radius 3 is 2.53 bits per heavy atom. The van der Waals surface area contributed by atoms with E-state index in [1.54, 1.807) is 0 Å². The average Bonchev–Trinajstić information content (AvgIpc) is 2.18. The maximum Gasteiger partial charge on any atom is 0.246 e. The number of amides is 2. The molecule has 2 amide bonds. The highest BCUT2D eigenvalue weighted by atomic mass is 16.7. The van der Waals surface area contributed by atoms with Gasteiger partial charge in [0.2, 0.25) is 11.8 Å². The standard InChI is InChI=1S/C10H18N2O3/c11-9(13)7-15-12-10(14)6-8-4-2-1-3-5-8/h8H,1-7H2,(H2,11,13)(H,12,14). The fraction of sp³-hybridized carbons (Fsp3) is 0.800. The van der Waals surface area contributed by atoms with Crippen LogP contribution in [-0.2, 0) is 14.4 Å². The molecule has 5 nitrogen and oxygen atoms in total. The van der Waals surface area contributed by atoms with Gasteiger partial charge in [-0.15, -0.1) is 0 Å². The Morgan fingerprint density at radius 1 is 1.27 bits per heavy atom. The van der Waals surface area contributed by atoms with Crippen molar-refractivity contribution in [1.82, 2.24) is 5.48 Å². The van der Waals surface area contributed by atoms with E-state index >= 15 is 0 Å². The molecule has 3 N–H and O–H groups in total. The SMILES string of the molecule is NC(=O)CONC(=O)CC1CCCCC1. The number of hydrogen-bond acceptors (Lipinski definition) is 3. The van der Waals surface area contributed by atoms with E-state index in [1.165, 1.54) is 19.3 Å². The van der Waals surface area contributed by atoms with Crippen LogP contribution < -0.4 is 11.2 Å². The van der Waals surface area contributed by atoms with Crippen LogP contribution in [0.4, 0.5) is 0 Å². The second kappa shape index (κ2) is 6.40. The molecule has 0 aromatic rings. The summed E-state index contributed by atoms with van der Waals surface area (Å²) in [5, 5.41) is 0. The van der Waals surface area contributed by atoms with Crippen molar-refractivity contribution in [3.8, 4) is 0 Å². The molecule has 15 heavy (non-hydrogen) atoms. The zero-order valence-electron chi connectivity index (χ0n) is 8.83. The fourth-order valence-electron chi connectivity index (χ4n) is 1.88. The largest absolute Gasteiger partial charge is 0.368 e. The molecule has 0 heterocycles. The predicted molar refractivity (Wildman–Crippen MR) is 54.5 cm³/mol. The van der Waals surface area contributed by atoms with E-state index in [-0.39, 0.29) is 12.5 Å². The summed E-state index contributed by atoms with van der Waals surface area (Å²) >= 11 is 0. The van der Waals surface area contributed by atoms with Gasteiger partial charge in [-0.05, 0) is 18.8 Å². The Hall–Kier alpha value is -1.10. The predicted octanol–water partition coefficient (Wildman–Crippen LogP) is 0.490. The van der Waals surface area contributed by atoms with Gasteiger partial charge in [0.25, 0.3) is 0 Å². The first-order valence-corrected chi connectivity index (χ1v) is 5.37. The minimum Gasteiger partial charge on any atom is -0.368 e. The van der Waals surface area contributed by atoms with Crippen molar-refractivity contribution in [2.24, 2.45) is 11.7 Å². The molecule has 0 atom stereocenters. The monoisotopic (exact) mass is 214 g/mol. The van der Waals surface area contributed by atoms with E-state index in [0.29, 0.717) is 12.3 Å². The van der Waals surface area contributed by atoms with Crippen LogP contribution in [0, 0.1) is 5.92 Å². The maximum absolute atomic E-state index is 11.3. The second-order valence-corrected chi connectivity index (χ2v) is 3.99. The Morgan fingerprint density at radius 2 is 1.93 bits per heavy atom. The van der Waals surface area contributed by atoms with Crippen molar-refractivity contribution < 1.29 is 14.4 Å². The van der Waals surface area contributed by atoms with Crippen LogP contribution in [0.1, 0.15) is 38.5 Å². The quantitative estimate of drug-likeness (QED) is 0.653. The minimum absolute atomic E-state index is 0.164. The first-order valence-electron chi connectivity index (χ1n) is 5.37. The number of nitrogens with one attached hydrogen (secondary N) is 1. The van der Waals surface area contributed by atoms with Gasteiger partial charge in [-0.3, -0.25) is 14.4 Å². The van der Waals surface area contributed by atoms with Crippen LogP contribution >= 0.6 is 0 Å². The Kier molecular flexibility index (Phi) is 5.10. The minimum atomic E-state index is -0.590. The van der Waals surface area contributed by atoms with Gasteiger partial charge in [-0.25, -0.2) is 5.48 Å². The Labute approximate surface area is 89.3 Å². The summed E-state index contributed by atoms with van der Waals surface area (Å²) in [6, 6.07) is 0. The van der Waals surface area contributed by atoms with Gasteiger partial charge in [0.1, 0.15) is 0 Å². The van der Waals surface area contributed by atoms with Crippen LogP contribution in [0.15, 0.2) is 0 Å². The average molecular weight is 214 g/mol. The molecule has 0 aromatic carbocycles. The van der Waals surface area contributed by atoms with Crippen molar-refractivity contribution in [2.45, 2.75) is 38.5 Å². The molecule has 5 heteroatoms. The van der Waals surface area contributed by atoms with E-state index in [0.717, 1.165) is 12.8 Å². The van der Waals surface area contributed by atoms with Crippen molar-refractivity contribution in [3.05, 3.63) is 0 Å². The van der Waals surface area contributed by atoms with Crippen LogP contribution in [0.5, 0.6) is 0 Å². The molecule has 1 aliphatic carbocycles. The Bertz CT molecular complexity index is 225. The summed E-state index contributed by atoms with van der Waals surface area (Å²) in [7, 11) is 0. The summed E-state index contributed by atoms with van der Waals surface area (Å²) in [5.41, 5.74) is 7.07. The summed E-state index contributed by atoms with van der Waals surface area (Å²) in [6.45, 7) is -0.267. The fourth-order valence-corrected chi connectivity index (χ4v) is 1.88. The van der Waals surface area contributed by atoms with E-state index in [9.17, 15) is 9.59 Å². The number of rotatable bonds is 5. The molecular formula is C10H18N2O3. The molecule has 0 aromatic heterocycles. The lowest BCUT2D eigenvalue weighted by molar-refractivity contribution is -0.138. The van der Waals surface area contributed by atoms with Gasteiger partial charge in [0, 0.05) is 6.42 Å². The zero-order valence-corrected chi connectivity index (χ0v) is 8.83. The lowest BCUT2D eigenvalue weighted by Crippen LogP contribution is -2.30. The number of hydrogen-bond donors (Lipinski definition) is 2. The number of hydroxylamine groups is 1. The van der Waals surface area contributed by atoms with E-state index in [4.69, 9.17) is 5.73 Å². The third-order valence-electron chi connectivity index (χ3n) is 2.60.